The molecule has 0 aliphatic carbocycles. The fourth-order valence-electron chi connectivity index (χ4n) is 1.72. The van der Waals surface area contributed by atoms with Gasteiger partial charge in [0.25, 0.3) is 0 Å². The first-order chi connectivity index (χ1) is 8.62. The highest BCUT2D eigenvalue weighted by Gasteiger charge is 2.12. The minimum Gasteiger partial charge on any atom is -0.495 e. The summed E-state index contributed by atoms with van der Waals surface area (Å²) in [4.78, 5) is 13.4. The second-order valence-corrected chi connectivity index (χ2v) is 4.40. The van der Waals surface area contributed by atoms with Gasteiger partial charge in [0.2, 0.25) is 5.91 Å². The van der Waals surface area contributed by atoms with Crippen LogP contribution in [0.1, 0.15) is 18.9 Å². The molecule has 1 aromatic rings. The molecule has 100 valence electrons. The summed E-state index contributed by atoms with van der Waals surface area (Å²) >= 11 is 6.05. The number of amides is 1. The Morgan fingerprint density at radius 3 is 2.72 bits per heavy atom. The van der Waals surface area contributed by atoms with Gasteiger partial charge in [-0.25, -0.2) is 0 Å². The number of ether oxygens (including phenoxy) is 1. The van der Waals surface area contributed by atoms with E-state index in [2.05, 4.69) is 0 Å². The quantitative estimate of drug-likeness (QED) is 0.861. The van der Waals surface area contributed by atoms with E-state index in [1.807, 2.05) is 19.1 Å². The third-order valence-electron chi connectivity index (χ3n) is 2.61. The lowest BCUT2D eigenvalue weighted by Gasteiger charge is -2.21. The molecule has 1 rings (SSSR count). The van der Waals surface area contributed by atoms with Gasteiger partial charge in [-0.3, -0.25) is 4.79 Å². The zero-order chi connectivity index (χ0) is 13.5. The molecule has 1 aromatic carbocycles. The van der Waals surface area contributed by atoms with Crippen molar-refractivity contribution in [1.29, 1.82) is 0 Å². The van der Waals surface area contributed by atoms with Crippen LogP contribution in [0.4, 0.5) is 0 Å². The lowest BCUT2D eigenvalue weighted by atomic mass is 10.2. The Kier molecular flexibility index (Phi) is 5.95. The van der Waals surface area contributed by atoms with E-state index < -0.39 is 0 Å². The molecule has 0 saturated heterocycles. The van der Waals surface area contributed by atoms with Gasteiger partial charge < -0.3 is 15.4 Å². The number of nitrogens with two attached hydrogens (primary N) is 1. The topological polar surface area (TPSA) is 55.6 Å². The smallest absolute Gasteiger partial charge is 0.236 e. The number of halogens is 1. The summed E-state index contributed by atoms with van der Waals surface area (Å²) in [5.74, 6) is 0.580. The average Bonchev–Trinajstić information content (AvgIpc) is 2.37. The fourth-order valence-corrected chi connectivity index (χ4v) is 2.00. The van der Waals surface area contributed by atoms with Crippen LogP contribution in [-0.2, 0) is 11.3 Å². The summed E-state index contributed by atoms with van der Waals surface area (Å²) in [5.41, 5.74) is 6.36. The standard InChI is InChI=1S/C13H19ClN2O2/c1-3-6-16(13(17)8-15)9-10-4-5-12(18-2)11(14)7-10/h4-5,7H,3,6,8-9,15H2,1-2H3. The van der Waals surface area contributed by atoms with Crippen LogP contribution in [0.15, 0.2) is 18.2 Å². The molecule has 0 aromatic heterocycles. The van der Waals surface area contributed by atoms with Crippen molar-refractivity contribution in [3.63, 3.8) is 0 Å². The lowest BCUT2D eigenvalue weighted by molar-refractivity contribution is -0.130. The maximum atomic E-state index is 11.7. The number of methoxy groups -OCH3 is 1. The first kappa shape index (κ1) is 14.8. The fraction of sp³-hybridized carbons (Fsp3) is 0.462. The summed E-state index contributed by atoms with van der Waals surface area (Å²) in [7, 11) is 1.57. The van der Waals surface area contributed by atoms with Crippen molar-refractivity contribution in [3.8, 4) is 5.75 Å². The van der Waals surface area contributed by atoms with E-state index in [-0.39, 0.29) is 12.5 Å². The molecule has 18 heavy (non-hydrogen) atoms. The SMILES string of the molecule is CCCN(Cc1ccc(OC)c(Cl)c1)C(=O)CN. The summed E-state index contributed by atoms with van der Waals surface area (Å²) in [5, 5.41) is 0.548. The minimum absolute atomic E-state index is 0.0316. The van der Waals surface area contributed by atoms with Crippen molar-refractivity contribution in [2.75, 3.05) is 20.2 Å². The van der Waals surface area contributed by atoms with E-state index in [4.69, 9.17) is 22.1 Å². The molecule has 0 unspecified atom stereocenters. The van der Waals surface area contributed by atoms with Gasteiger partial charge in [-0.15, -0.1) is 0 Å². The molecular formula is C13H19ClN2O2. The highest BCUT2D eigenvalue weighted by molar-refractivity contribution is 6.32. The van der Waals surface area contributed by atoms with E-state index in [1.165, 1.54) is 0 Å². The Hall–Kier alpha value is -1.26. The minimum atomic E-state index is -0.0520. The largest absolute Gasteiger partial charge is 0.495 e. The third kappa shape index (κ3) is 3.89. The Labute approximate surface area is 113 Å². The molecule has 0 aliphatic rings. The highest BCUT2D eigenvalue weighted by atomic mass is 35.5. The van der Waals surface area contributed by atoms with Crippen LogP contribution >= 0.6 is 11.6 Å². The van der Waals surface area contributed by atoms with Crippen LogP contribution in [0.5, 0.6) is 5.75 Å². The maximum Gasteiger partial charge on any atom is 0.236 e. The number of benzene rings is 1. The number of carbonyl (C=O) groups is 1. The van der Waals surface area contributed by atoms with Crippen LogP contribution in [0.3, 0.4) is 0 Å². The van der Waals surface area contributed by atoms with Gasteiger partial charge in [-0.05, 0) is 24.1 Å². The number of hydrogen-bond donors (Lipinski definition) is 1. The molecule has 0 fully saturated rings. The molecule has 0 spiro atoms. The Bertz CT molecular complexity index is 410. The summed E-state index contributed by atoms with van der Waals surface area (Å²) in [6, 6.07) is 5.51. The molecule has 0 radical (unpaired) electrons. The first-order valence-electron chi connectivity index (χ1n) is 5.92. The van der Waals surface area contributed by atoms with Gasteiger partial charge in [0.1, 0.15) is 5.75 Å². The Balaban J connectivity index is 2.80. The molecule has 4 nitrogen and oxygen atoms in total. The summed E-state index contributed by atoms with van der Waals surface area (Å²) in [6.45, 7) is 3.27. The van der Waals surface area contributed by atoms with E-state index in [9.17, 15) is 4.79 Å². The predicted molar refractivity (Wildman–Crippen MR) is 72.8 cm³/mol. The summed E-state index contributed by atoms with van der Waals surface area (Å²) < 4.78 is 5.09. The van der Waals surface area contributed by atoms with Crippen molar-refractivity contribution in [3.05, 3.63) is 28.8 Å². The normalized spacial score (nSPS) is 10.2. The number of hydrogen-bond acceptors (Lipinski definition) is 3. The van der Waals surface area contributed by atoms with Crippen molar-refractivity contribution in [1.82, 2.24) is 4.90 Å². The number of nitrogens with zero attached hydrogens (tertiary/aromatic N) is 1. The highest BCUT2D eigenvalue weighted by Crippen LogP contribution is 2.25. The van der Waals surface area contributed by atoms with Gasteiger partial charge in [-0.1, -0.05) is 24.6 Å². The van der Waals surface area contributed by atoms with E-state index in [1.54, 1.807) is 18.1 Å². The number of carbonyl (C=O) groups excluding carboxylic acids is 1. The molecule has 0 bridgehead atoms. The first-order valence-corrected chi connectivity index (χ1v) is 6.30. The maximum absolute atomic E-state index is 11.7. The zero-order valence-corrected chi connectivity index (χ0v) is 11.5. The van der Waals surface area contributed by atoms with Crippen molar-refractivity contribution < 1.29 is 9.53 Å². The van der Waals surface area contributed by atoms with Gasteiger partial charge in [0.15, 0.2) is 0 Å². The number of rotatable bonds is 6. The molecule has 0 saturated carbocycles. The molecule has 0 atom stereocenters. The second kappa shape index (κ2) is 7.24. The molecule has 0 aliphatic heterocycles. The predicted octanol–water partition coefficient (Wildman–Crippen LogP) is 2.05. The van der Waals surface area contributed by atoms with E-state index >= 15 is 0 Å². The van der Waals surface area contributed by atoms with Gasteiger partial charge in [0, 0.05) is 13.1 Å². The second-order valence-electron chi connectivity index (χ2n) is 3.99. The van der Waals surface area contributed by atoms with Gasteiger partial charge in [-0.2, -0.15) is 0 Å². The molecule has 2 N–H and O–H groups in total. The van der Waals surface area contributed by atoms with Gasteiger partial charge >= 0.3 is 0 Å². The van der Waals surface area contributed by atoms with Crippen LogP contribution in [0, 0.1) is 0 Å². The van der Waals surface area contributed by atoms with E-state index in [0.717, 1.165) is 12.0 Å². The zero-order valence-electron chi connectivity index (χ0n) is 10.8. The van der Waals surface area contributed by atoms with E-state index in [0.29, 0.717) is 23.9 Å². The lowest BCUT2D eigenvalue weighted by Crippen LogP contribution is -2.36. The Morgan fingerprint density at radius 2 is 2.22 bits per heavy atom. The van der Waals surface area contributed by atoms with Crippen LogP contribution < -0.4 is 10.5 Å². The average molecular weight is 271 g/mol. The molecule has 1 amide bonds. The summed E-state index contributed by atoms with van der Waals surface area (Å²) in [6.07, 6.45) is 0.898. The molecular weight excluding hydrogens is 252 g/mol. The van der Waals surface area contributed by atoms with Gasteiger partial charge in [0.05, 0.1) is 18.7 Å². The Morgan fingerprint density at radius 1 is 1.50 bits per heavy atom. The van der Waals surface area contributed by atoms with Crippen molar-refractivity contribution in [2.45, 2.75) is 19.9 Å². The molecule has 5 heteroatoms. The third-order valence-corrected chi connectivity index (χ3v) is 2.91. The van der Waals surface area contributed by atoms with Crippen LogP contribution in [0.25, 0.3) is 0 Å². The monoisotopic (exact) mass is 270 g/mol. The van der Waals surface area contributed by atoms with Crippen molar-refractivity contribution in [2.24, 2.45) is 5.73 Å². The molecule has 0 heterocycles. The van der Waals surface area contributed by atoms with Crippen molar-refractivity contribution >= 4 is 17.5 Å². The van der Waals surface area contributed by atoms with Crippen LogP contribution in [-0.4, -0.2) is 31.0 Å². The van der Waals surface area contributed by atoms with Crippen LogP contribution in [0.2, 0.25) is 5.02 Å².